The molecule has 3 atom stereocenters. The van der Waals surface area contributed by atoms with Gasteiger partial charge in [-0.15, -0.1) is 0 Å². The SMILES string of the molecule is COCCN1C[C@H]2[C@@H](C1)N(S(=O)(=O)c1ccccc1)CC[C@H]2OC. The van der Waals surface area contributed by atoms with Crippen LogP contribution in [0.2, 0.25) is 0 Å². The lowest BCUT2D eigenvalue weighted by Crippen LogP contribution is -2.53. The van der Waals surface area contributed by atoms with Crippen molar-refractivity contribution < 1.29 is 17.9 Å². The highest BCUT2D eigenvalue weighted by molar-refractivity contribution is 7.89. The fourth-order valence-corrected chi connectivity index (χ4v) is 5.62. The van der Waals surface area contributed by atoms with Crippen molar-refractivity contribution in [2.24, 2.45) is 5.92 Å². The Bertz CT molecular complexity index is 637. The fourth-order valence-electron chi connectivity index (χ4n) is 3.92. The van der Waals surface area contributed by atoms with Gasteiger partial charge in [-0.2, -0.15) is 4.31 Å². The Labute approximate surface area is 144 Å². The van der Waals surface area contributed by atoms with Crippen LogP contribution in [-0.4, -0.2) is 76.8 Å². The quantitative estimate of drug-likeness (QED) is 0.764. The van der Waals surface area contributed by atoms with E-state index in [4.69, 9.17) is 9.47 Å². The van der Waals surface area contributed by atoms with E-state index in [1.807, 2.05) is 6.07 Å². The highest BCUT2D eigenvalue weighted by Crippen LogP contribution is 2.35. The maximum absolute atomic E-state index is 13.1. The van der Waals surface area contributed by atoms with E-state index in [2.05, 4.69) is 4.90 Å². The third-order valence-electron chi connectivity index (χ3n) is 5.15. The number of benzene rings is 1. The minimum absolute atomic E-state index is 0.0363. The Hall–Kier alpha value is -0.990. The van der Waals surface area contributed by atoms with Crippen LogP contribution in [0.15, 0.2) is 35.2 Å². The van der Waals surface area contributed by atoms with E-state index in [-0.39, 0.29) is 18.1 Å². The van der Waals surface area contributed by atoms with Crippen LogP contribution in [0.5, 0.6) is 0 Å². The van der Waals surface area contributed by atoms with Crippen molar-refractivity contribution in [3.05, 3.63) is 30.3 Å². The number of rotatable bonds is 6. The third-order valence-corrected chi connectivity index (χ3v) is 7.09. The van der Waals surface area contributed by atoms with Gasteiger partial charge in [-0.3, -0.25) is 4.90 Å². The zero-order valence-corrected chi connectivity index (χ0v) is 15.1. The predicted molar refractivity (Wildman–Crippen MR) is 91.3 cm³/mol. The Kier molecular flexibility index (Phi) is 5.56. The number of hydrogen-bond acceptors (Lipinski definition) is 5. The van der Waals surface area contributed by atoms with Crippen molar-refractivity contribution in [2.45, 2.75) is 23.5 Å². The molecule has 0 spiro atoms. The van der Waals surface area contributed by atoms with Gasteiger partial charge < -0.3 is 9.47 Å². The van der Waals surface area contributed by atoms with Gasteiger partial charge >= 0.3 is 0 Å². The number of methoxy groups -OCH3 is 2. The summed E-state index contributed by atoms with van der Waals surface area (Å²) in [6, 6.07) is 8.68. The van der Waals surface area contributed by atoms with Crippen LogP contribution in [0, 0.1) is 5.92 Å². The second kappa shape index (κ2) is 7.49. The Morgan fingerprint density at radius 2 is 1.92 bits per heavy atom. The average molecular weight is 354 g/mol. The van der Waals surface area contributed by atoms with E-state index in [1.54, 1.807) is 42.8 Å². The molecule has 0 N–H and O–H groups in total. The van der Waals surface area contributed by atoms with Gasteiger partial charge in [-0.25, -0.2) is 8.42 Å². The first-order valence-corrected chi connectivity index (χ1v) is 9.83. The molecule has 134 valence electrons. The summed E-state index contributed by atoms with van der Waals surface area (Å²) in [5.74, 6) is 0.207. The number of hydrogen-bond donors (Lipinski definition) is 0. The molecular formula is C17H26N2O4S. The van der Waals surface area contributed by atoms with Gasteiger partial charge in [-0.05, 0) is 18.6 Å². The van der Waals surface area contributed by atoms with E-state index in [0.717, 1.165) is 26.1 Å². The predicted octanol–water partition coefficient (Wildman–Crippen LogP) is 1.04. The molecule has 1 aromatic rings. The number of nitrogens with zero attached hydrogens (tertiary/aromatic N) is 2. The van der Waals surface area contributed by atoms with Gasteiger partial charge in [0.1, 0.15) is 0 Å². The lowest BCUT2D eigenvalue weighted by Gasteiger charge is -2.40. The van der Waals surface area contributed by atoms with Crippen LogP contribution in [0.1, 0.15) is 6.42 Å². The summed E-state index contributed by atoms with van der Waals surface area (Å²) >= 11 is 0. The maximum atomic E-state index is 13.1. The minimum atomic E-state index is -3.47. The number of likely N-dealkylation sites (tertiary alicyclic amines) is 1. The second-order valence-corrected chi connectivity index (χ2v) is 8.37. The van der Waals surface area contributed by atoms with Crippen molar-refractivity contribution in [1.82, 2.24) is 9.21 Å². The standard InChI is InChI=1S/C17H26N2O4S/c1-22-11-10-18-12-15-16(13-18)19(9-8-17(15)23-2)24(20,21)14-6-4-3-5-7-14/h3-7,15-17H,8-13H2,1-2H3/t15-,16+,17+/m0/s1. The van der Waals surface area contributed by atoms with Crippen LogP contribution < -0.4 is 0 Å². The second-order valence-electron chi connectivity index (χ2n) is 6.48. The first-order valence-electron chi connectivity index (χ1n) is 8.39. The van der Waals surface area contributed by atoms with E-state index in [0.29, 0.717) is 18.0 Å². The number of sulfonamides is 1. The van der Waals surface area contributed by atoms with Crippen molar-refractivity contribution in [2.75, 3.05) is 47.0 Å². The van der Waals surface area contributed by atoms with Crippen molar-refractivity contribution in [3.63, 3.8) is 0 Å². The van der Waals surface area contributed by atoms with Gasteiger partial charge in [0, 0.05) is 52.4 Å². The largest absolute Gasteiger partial charge is 0.383 e. The van der Waals surface area contributed by atoms with E-state index in [9.17, 15) is 8.42 Å². The van der Waals surface area contributed by atoms with Gasteiger partial charge in [0.2, 0.25) is 10.0 Å². The summed E-state index contributed by atoms with van der Waals surface area (Å²) in [4.78, 5) is 2.65. The number of piperidine rings is 1. The molecule has 0 amide bonds. The Morgan fingerprint density at radius 1 is 1.17 bits per heavy atom. The van der Waals surface area contributed by atoms with Gasteiger partial charge in [-0.1, -0.05) is 18.2 Å². The molecule has 3 rings (SSSR count). The molecule has 24 heavy (non-hydrogen) atoms. The van der Waals surface area contributed by atoms with Crippen LogP contribution in [0.3, 0.4) is 0 Å². The van der Waals surface area contributed by atoms with E-state index in [1.165, 1.54) is 0 Å². The van der Waals surface area contributed by atoms with E-state index >= 15 is 0 Å². The molecule has 0 saturated carbocycles. The molecule has 2 aliphatic rings. The van der Waals surface area contributed by atoms with Crippen molar-refractivity contribution in [3.8, 4) is 0 Å². The Morgan fingerprint density at radius 3 is 2.58 bits per heavy atom. The Balaban J connectivity index is 1.84. The summed E-state index contributed by atoms with van der Waals surface area (Å²) < 4.78 is 38.7. The van der Waals surface area contributed by atoms with E-state index < -0.39 is 10.0 Å². The molecule has 7 heteroatoms. The molecule has 0 aliphatic carbocycles. The molecule has 0 radical (unpaired) electrons. The molecule has 2 aliphatic heterocycles. The molecule has 1 aromatic carbocycles. The van der Waals surface area contributed by atoms with Crippen LogP contribution in [0.4, 0.5) is 0 Å². The zero-order chi connectivity index (χ0) is 17.2. The van der Waals surface area contributed by atoms with Gasteiger partial charge in [0.25, 0.3) is 0 Å². The zero-order valence-electron chi connectivity index (χ0n) is 14.3. The first-order chi connectivity index (χ1) is 11.6. The summed E-state index contributed by atoms with van der Waals surface area (Å²) in [7, 11) is -0.0611. The highest BCUT2D eigenvalue weighted by atomic mass is 32.2. The summed E-state index contributed by atoms with van der Waals surface area (Å²) in [6.45, 7) is 3.57. The monoisotopic (exact) mass is 354 g/mol. The smallest absolute Gasteiger partial charge is 0.243 e. The van der Waals surface area contributed by atoms with Crippen LogP contribution in [0.25, 0.3) is 0 Å². The van der Waals surface area contributed by atoms with Gasteiger partial charge in [0.05, 0.1) is 17.6 Å². The molecule has 2 heterocycles. The normalized spacial score (nSPS) is 28.8. The minimum Gasteiger partial charge on any atom is -0.383 e. The molecule has 0 unspecified atom stereocenters. The highest BCUT2D eigenvalue weighted by Gasteiger charge is 2.48. The lowest BCUT2D eigenvalue weighted by atomic mass is 9.91. The summed E-state index contributed by atoms with van der Waals surface area (Å²) in [6.07, 6.45) is 0.853. The van der Waals surface area contributed by atoms with Crippen LogP contribution in [-0.2, 0) is 19.5 Å². The molecular weight excluding hydrogens is 328 g/mol. The molecule has 6 nitrogen and oxygen atoms in total. The first kappa shape index (κ1) is 17.8. The van der Waals surface area contributed by atoms with Crippen molar-refractivity contribution in [1.29, 1.82) is 0 Å². The van der Waals surface area contributed by atoms with Gasteiger partial charge in [0.15, 0.2) is 0 Å². The number of fused-ring (bicyclic) bond motifs is 1. The topological polar surface area (TPSA) is 59.1 Å². The third kappa shape index (κ3) is 3.36. The molecule has 0 bridgehead atoms. The maximum Gasteiger partial charge on any atom is 0.243 e. The molecule has 2 saturated heterocycles. The lowest BCUT2D eigenvalue weighted by molar-refractivity contribution is 0.00217. The fraction of sp³-hybridized carbons (Fsp3) is 0.647. The molecule has 0 aromatic heterocycles. The molecule has 2 fully saturated rings. The average Bonchev–Trinajstić information content (AvgIpc) is 3.03. The summed E-state index contributed by atoms with van der Waals surface area (Å²) in [5, 5.41) is 0. The van der Waals surface area contributed by atoms with Crippen molar-refractivity contribution >= 4 is 10.0 Å². The summed E-state index contributed by atoms with van der Waals surface area (Å²) in [5.41, 5.74) is 0. The number of ether oxygens (including phenoxy) is 2. The van der Waals surface area contributed by atoms with Crippen LogP contribution >= 0.6 is 0 Å².